The van der Waals surface area contributed by atoms with Crippen LogP contribution in [0.1, 0.15) is 37.5 Å². The van der Waals surface area contributed by atoms with Crippen LogP contribution in [0.15, 0.2) is 39.7 Å². The van der Waals surface area contributed by atoms with Gasteiger partial charge in [0.25, 0.3) is 5.56 Å². The number of ether oxygens (including phenoxy) is 2. The quantitative estimate of drug-likeness (QED) is 0.414. The van der Waals surface area contributed by atoms with E-state index in [0.29, 0.717) is 32.2 Å². The Bertz CT molecular complexity index is 1510. The molecule has 2 aromatic carbocycles. The number of nitriles is 1. The Morgan fingerprint density at radius 2 is 2.00 bits per heavy atom. The molecule has 0 saturated heterocycles. The summed E-state index contributed by atoms with van der Waals surface area (Å²) >= 11 is 3.58. The molecular formula is C24H23BrN4O4. The minimum atomic E-state index is -0.649. The van der Waals surface area contributed by atoms with Crippen LogP contribution in [0.4, 0.5) is 4.79 Å². The van der Waals surface area contributed by atoms with Crippen molar-refractivity contribution in [2.24, 2.45) is 0 Å². The maximum atomic E-state index is 13.0. The number of fused-ring (bicyclic) bond motifs is 2. The minimum Gasteiger partial charge on any atom is -0.496 e. The van der Waals surface area contributed by atoms with Gasteiger partial charge in [0.15, 0.2) is 0 Å². The van der Waals surface area contributed by atoms with Gasteiger partial charge >= 0.3 is 6.09 Å². The van der Waals surface area contributed by atoms with E-state index in [1.165, 1.54) is 9.25 Å². The van der Waals surface area contributed by atoms with Crippen LogP contribution in [0.2, 0.25) is 0 Å². The summed E-state index contributed by atoms with van der Waals surface area (Å²) in [6.45, 7) is 7.50. The maximum absolute atomic E-state index is 13.0. The Hall–Kier alpha value is -3.51. The third-order valence-electron chi connectivity index (χ3n) is 5.29. The fourth-order valence-corrected chi connectivity index (χ4v) is 4.55. The van der Waals surface area contributed by atoms with Gasteiger partial charge in [-0.15, -0.1) is 0 Å². The van der Waals surface area contributed by atoms with Crippen molar-refractivity contribution < 1.29 is 14.3 Å². The lowest BCUT2D eigenvalue weighted by molar-refractivity contribution is 0.0544. The van der Waals surface area contributed by atoms with Crippen molar-refractivity contribution in [3.63, 3.8) is 0 Å². The number of H-pyrrole nitrogens is 1. The van der Waals surface area contributed by atoms with Crippen molar-refractivity contribution in [3.8, 4) is 11.8 Å². The van der Waals surface area contributed by atoms with E-state index in [2.05, 4.69) is 27.1 Å². The average Bonchev–Trinajstić information content (AvgIpc) is 3.26. The second-order valence-electron chi connectivity index (χ2n) is 8.80. The Morgan fingerprint density at radius 1 is 1.27 bits per heavy atom. The highest BCUT2D eigenvalue weighted by Gasteiger charge is 2.25. The molecule has 1 N–H and O–H groups in total. The van der Waals surface area contributed by atoms with Gasteiger partial charge in [-0.1, -0.05) is 0 Å². The van der Waals surface area contributed by atoms with Gasteiger partial charge < -0.3 is 9.47 Å². The molecule has 0 fully saturated rings. The van der Waals surface area contributed by atoms with Crippen molar-refractivity contribution in [2.45, 2.75) is 39.8 Å². The largest absolute Gasteiger partial charge is 0.496 e. The number of carbonyl (C=O) groups is 1. The third kappa shape index (κ3) is 4.02. The maximum Gasteiger partial charge on any atom is 0.419 e. The molecule has 8 nitrogen and oxygen atoms in total. The summed E-state index contributed by atoms with van der Waals surface area (Å²) in [5, 5.41) is 13.4. The number of hydrogen-bond donors (Lipinski definition) is 1. The smallest absolute Gasteiger partial charge is 0.419 e. The fraction of sp³-hybridized carbons (Fsp3) is 0.292. The molecule has 0 bridgehead atoms. The number of methoxy groups -OCH3 is 1. The lowest BCUT2D eigenvalue weighted by atomic mass is 10.0. The van der Waals surface area contributed by atoms with Crippen LogP contribution in [0.3, 0.4) is 0 Å². The number of rotatable bonds is 3. The molecule has 2 aromatic heterocycles. The molecule has 0 aliphatic heterocycles. The highest BCUT2D eigenvalue weighted by molar-refractivity contribution is 9.10. The molecule has 170 valence electrons. The topological polar surface area (TPSA) is 102 Å². The monoisotopic (exact) mass is 510 g/mol. The van der Waals surface area contributed by atoms with Crippen LogP contribution in [-0.2, 0) is 11.3 Å². The highest BCUT2D eigenvalue weighted by Crippen LogP contribution is 2.38. The number of aryl methyl sites for hydroxylation is 1. The molecule has 0 amide bonds. The highest BCUT2D eigenvalue weighted by atomic mass is 79.9. The second kappa shape index (κ2) is 8.12. The number of aromatic nitrogens is 3. The Morgan fingerprint density at radius 3 is 2.64 bits per heavy atom. The van der Waals surface area contributed by atoms with E-state index < -0.39 is 11.7 Å². The van der Waals surface area contributed by atoms with Crippen LogP contribution in [0.5, 0.6) is 5.75 Å². The summed E-state index contributed by atoms with van der Waals surface area (Å²) in [5.41, 5.74) is 2.36. The van der Waals surface area contributed by atoms with E-state index in [0.717, 1.165) is 16.5 Å². The number of carbonyl (C=O) groups excluding carboxylic acids is 1. The summed E-state index contributed by atoms with van der Waals surface area (Å²) in [6, 6.07) is 8.84. The summed E-state index contributed by atoms with van der Waals surface area (Å²) < 4.78 is 14.8. The van der Waals surface area contributed by atoms with Crippen LogP contribution >= 0.6 is 15.9 Å². The Kier molecular flexibility index (Phi) is 5.58. The predicted molar refractivity (Wildman–Crippen MR) is 129 cm³/mol. The molecule has 0 aliphatic rings. The molecule has 0 unspecified atom stereocenters. The molecule has 2 heterocycles. The van der Waals surface area contributed by atoms with Gasteiger partial charge in [-0.25, -0.2) is 9.48 Å². The first kappa shape index (κ1) is 22.7. The van der Waals surface area contributed by atoms with E-state index in [1.54, 1.807) is 31.5 Å². The summed E-state index contributed by atoms with van der Waals surface area (Å²) in [6.07, 6.45) is 1.17. The lowest BCUT2D eigenvalue weighted by Gasteiger charge is -2.20. The number of hydrogen-bond acceptors (Lipinski definition) is 5. The first-order valence-corrected chi connectivity index (χ1v) is 11.1. The normalized spacial score (nSPS) is 11.7. The van der Waals surface area contributed by atoms with Crippen molar-refractivity contribution in [2.75, 3.05) is 7.11 Å². The van der Waals surface area contributed by atoms with Crippen LogP contribution in [-0.4, -0.2) is 33.2 Å². The first-order valence-electron chi connectivity index (χ1n) is 10.3. The SMILES string of the molecule is COc1cc(C)c2c(c(Br)cn2C(=O)OC(C)(C)C)c1Cn1[nH]c2ccc(C#N)cc2c1=O. The van der Waals surface area contributed by atoms with Gasteiger partial charge in [0.2, 0.25) is 0 Å². The summed E-state index contributed by atoms with van der Waals surface area (Å²) in [5.74, 6) is 0.589. The standard InChI is InChI=1S/C24H23BrN4O4/c1-13-8-19(32-5)16(11-29-22(30)15-9-14(10-26)6-7-18(15)27-29)20-17(25)12-28(21(13)20)23(31)33-24(2,3)4/h6-9,12,27H,11H2,1-5H3. The zero-order valence-corrected chi connectivity index (χ0v) is 20.5. The van der Waals surface area contributed by atoms with Gasteiger partial charge in [-0.2, -0.15) is 5.26 Å². The van der Waals surface area contributed by atoms with E-state index >= 15 is 0 Å². The Labute approximate surface area is 198 Å². The van der Waals surface area contributed by atoms with Crippen molar-refractivity contribution in [3.05, 3.63) is 62.0 Å². The van der Waals surface area contributed by atoms with Crippen LogP contribution in [0, 0.1) is 18.3 Å². The van der Waals surface area contributed by atoms with Crippen molar-refractivity contribution in [1.29, 1.82) is 5.26 Å². The zero-order valence-electron chi connectivity index (χ0n) is 18.9. The van der Waals surface area contributed by atoms with Gasteiger partial charge in [-0.3, -0.25) is 14.5 Å². The number of nitrogens with zero attached hydrogens (tertiary/aromatic N) is 3. The van der Waals surface area contributed by atoms with E-state index in [4.69, 9.17) is 14.7 Å². The van der Waals surface area contributed by atoms with Crippen molar-refractivity contribution >= 4 is 43.8 Å². The molecule has 4 rings (SSSR count). The lowest BCUT2D eigenvalue weighted by Crippen LogP contribution is -2.26. The molecule has 0 radical (unpaired) electrons. The second-order valence-corrected chi connectivity index (χ2v) is 9.65. The first-order chi connectivity index (χ1) is 15.5. The van der Waals surface area contributed by atoms with Gasteiger partial charge in [-0.05, 0) is 73.5 Å². The number of nitrogens with one attached hydrogen (secondary N) is 1. The molecule has 0 spiro atoms. The third-order valence-corrected chi connectivity index (χ3v) is 5.89. The summed E-state index contributed by atoms with van der Waals surface area (Å²) in [4.78, 5) is 25.9. The number of halogens is 1. The molecule has 33 heavy (non-hydrogen) atoms. The Balaban J connectivity index is 1.91. The van der Waals surface area contributed by atoms with Gasteiger partial charge in [0, 0.05) is 21.6 Å². The fourth-order valence-electron chi connectivity index (χ4n) is 3.92. The van der Waals surface area contributed by atoms with Crippen LogP contribution in [0.25, 0.3) is 21.8 Å². The summed E-state index contributed by atoms with van der Waals surface area (Å²) in [7, 11) is 1.57. The molecule has 4 aromatic rings. The predicted octanol–water partition coefficient (Wildman–Crippen LogP) is 5.07. The molecule has 0 aliphatic carbocycles. The average molecular weight is 511 g/mol. The molecular weight excluding hydrogens is 488 g/mol. The molecule has 0 atom stereocenters. The minimum absolute atomic E-state index is 0.173. The van der Waals surface area contributed by atoms with E-state index in [-0.39, 0.29) is 12.1 Å². The number of benzene rings is 2. The van der Waals surface area contributed by atoms with Crippen LogP contribution < -0.4 is 10.3 Å². The molecule has 0 saturated carbocycles. The van der Waals surface area contributed by atoms with E-state index in [9.17, 15) is 9.59 Å². The zero-order chi connectivity index (χ0) is 24.1. The van der Waals surface area contributed by atoms with E-state index in [1.807, 2.05) is 33.8 Å². The molecule has 9 heteroatoms. The van der Waals surface area contributed by atoms with Crippen molar-refractivity contribution in [1.82, 2.24) is 14.3 Å². The van der Waals surface area contributed by atoms with Gasteiger partial charge in [0.1, 0.15) is 11.4 Å². The number of aromatic amines is 1. The van der Waals surface area contributed by atoms with Gasteiger partial charge in [0.05, 0.1) is 41.7 Å².